The lowest BCUT2D eigenvalue weighted by Gasteiger charge is -2.14. The van der Waals surface area contributed by atoms with Crippen molar-refractivity contribution in [2.24, 2.45) is 0 Å². The molecule has 3 aromatic rings. The van der Waals surface area contributed by atoms with Crippen molar-refractivity contribution in [3.63, 3.8) is 0 Å². The lowest BCUT2D eigenvalue weighted by Crippen LogP contribution is -2.06. The molecule has 1 aromatic heterocycles. The van der Waals surface area contributed by atoms with Crippen LogP contribution in [0.1, 0.15) is 12.0 Å². The first kappa shape index (κ1) is 19.1. The van der Waals surface area contributed by atoms with Crippen LogP contribution in [0.5, 0.6) is 5.75 Å². The molecule has 0 aliphatic rings. The van der Waals surface area contributed by atoms with Gasteiger partial charge in [-0.3, -0.25) is 0 Å². The van der Waals surface area contributed by atoms with Gasteiger partial charge in [-0.25, -0.2) is 14.4 Å². The van der Waals surface area contributed by atoms with Crippen molar-refractivity contribution in [2.75, 3.05) is 18.5 Å². The van der Waals surface area contributed by atoms with Gasteiger partial charge in [0, 0.05) is 6.42 Å². The Kier molecular flexibility index (Phi) is 6.96. The number of nitrogens with zero attached hydrogens (tertiary/aromatic N) is 2. The molecule has 0 aliphatic heterocycles. The molecule has 27 heavy (non-hydrogen) atoms. The van der Waals surface area contributed by atoms with E-state index in [1.807, 2.05) is 30.3 Å². The first-order valence-corrected chi connectivity index (χ1v) is 8.87. The summed E-state index contributed by atoms with van der Waals surface area (Å²) >= 11 is 6.02. The summed E-state index contributed by atoms with van der Waals surface area (Å²) in [4.78, 5) is 7.82. The minimum atomic E-state index is -0.456. The van der Waals surface area contributed by atoms with Crippen LogP contribution >= 0.6 is 11.6 Å². The minimum Gasteiger partial charge on any atom is -0.491 e. The molecule has 0 atom stereocenters. The van der Waals surface area contributed by atoms with E-state index in [0.717, 1.165) is 5.56 Å². The summed E-state index contributed by atoms with van der Waals surface area (Å²) in [5, 5.41) is 3.16. The van der Waals surface area contributed by atoms with E-state index in [2.05, 4.69) is 15.3 Å². The number of ether oxygens (including phenoxy) is 2. The number of benzene rings is 2. The zero-order valence-electron chi connectivity index (χ0n) is 14.6. The fraction of sp³-hybridized carbons (Fsp3) is 0.200. The van der Waals surface area contributed by atoms with Crippen molar-refractivity contribution in [1.29, 1.82) is 0 Å². The van der Waals surface area contributed by atoms with Gasteiger partial charge >= 0.3 is 0 Å². The Labute approximate surface area is 162 Å². The highest BCUT2D eigenvalue weighted by Gasteiger charge is 2.12. The average Bonchev–Trinajstić information content (AvgIpc) is 2.69. The van der Waals surface area contributed by atoms with E-state index in [4.69, 9.17) is 21.1 Å². The molecule has 0 saturated carbocycles. The number of para-hydroxylation sites is 1. The van der Waals surface area contributed by atoms with E-state index < -0.39 is 5.82 Å². The van der Waals surface area contributed by atoms with Crippen LogP contribution in [0.2, 0.25) is 5.02 Å². The summed E-state index contributed by atoms with van der Waals surface area (Å²) in [6.07, 6.45) is 3.44. The van der Waals surface area contributed by atoms with Crippen molar-refractivity contribution in [2.45, 2.75) is 13.0 Å². The Morgan fingerprint density at radius 1 is 1.04 bits per heavy atom. The van der Waals surface area contributed by atoms with Crippen molar-refractivity contribution in [3.05, 3.63) is 77.5 Å². The molecule has 0 aliphatic carbocycles. The molecule has 0 unspecified atom stereocenters. The standard InChI is InChI=1S/C20H19ClFN3O2/c21-16-12-23-14-24-20(16)25-19-17(22)8-4-9-18(19)27-11-5-10-26-13-15-6-2-1-3-7-15/h1-4,6-9,12,14H,5,10-11,13H2,(H,23,24,25). The summed E-state index contributed by atoms with van der Waals surface area (Å²) in [5.74, 6) is 0.239. The number of rotatable bonds is 9. The average molecular weight is 388 g/mol. The van der Waals surface area contributed by atoms with Crippen molar-refractivity contribution < 1.29 is 13.9 Å². The highest BCUT2D eigenvalue weighted by atomic mass is 35.5. The van der Waals surface area contributed by atoms with Gasteiger partial charge in [-0.15, -0.1) is 0 Å². The molecule has 1 heterocycles. The maximum atomic E-state index is 14.2. The van der Waals surface area contributed by atoms with E-state index in [0.29, 0.717) is 42.8 Å². The quantitative estimate of drug-likeness (QED) is 0.524. The Balaban J connectivity index is 1.51. The molecule has 2 aromatic carbocycles. The monoisotopic (exact) mass is 387 g/mol. The van der Waals surface area contributed by atoms with Crippen molar-refractivity contribution >= 4 is 23.1 Å². The molecular formula is C20H19ClFN3O2. The molecule has 3 rings (SSSR count). The number of halogens is 2. The van der Waals surface area contributed by atoms with Crippen LogP contribution in [0.25, 0.3) is 0 Å². The molecule has 0 bridgehead atoms. The second-order valence-corrected chi connectivity index (χ2v) is 6.10. The SMILES string of the molecule is Fc1cccc(OCCCOCc2ccccc2)c1Nc1ncncc1Cl. The zero-order chi connectivity index (χ0) is 18.9. The molecule has 7 heteroatoms. The van der Waals surface area contributed by atoms with Crippen LogP contribution in [0, 0.1) is 5.82 Å². The maximum absolute atomic E-state index is 14.2. The number of hydrogen-bond donors (Lipinski definition) is 1. The fourth-order valence-electron chi connectivity index (χ4n) is 2.38. The Bertz CT molecular complexity index is 865. The van der Waals surface area contributed by atoms with Gasteiger partial charge in [-0.2, -0.15) is 0 Å². The third kappa shape index (κ3) is 5.64. The lowest BCUT2D eigenvalue weighted by molar-refractivity contribution is 0.107. The zero-order valence-corrected chi connectivity index (χ0v) is 15.3. The van der Waals surface area contributed by atoms with E-state index in [1.54, 1.807) is 12.1 Å². The highest BCUT2D eigenvalue weighted by molar-refractivity contribution is 6.32. The lowest BCUT2D eigenvalue weighted by atomic mass is 10.2. The van der Waals surface area contributed by atoms with Gasteiger partial charge < -0.3 is 14.8 Å². The van der Waals surface area contributed by atoms with Gasteiger partial charge in [0.2, 0.25) is 0 Å². The maximum Gasteiger partial charge on any atom is 0.152 e. The van der Waals surface area contributed by atoms with Gasteiger partial charge in [0.1, 0.15) is 22.8 Å². The number of hydrogen-bond acceptors (Lipinski definition) is 5. The van der Waals surface area contributed by atoms with Gasteiger partial charge in [0.15, 0.2) is 11.6 Å². The molecule has 0 saturated heterocycles. The van der Waals surface area contributed by atoms with Gasteiger partial charge in [0.25, 0.3) is 0 Å². The van der Waals surface area contributed by atoms with Gasteiger partial charge in [-0.1, -0.05) is 48.0 Å². The van der Waals surface area contributed by atoms with E-state index in [-0.39, 0.29) is 5.69 Å². The first-order chi connectivity index (χ1) is 13.2. The van der Waals surface area contributed by atoms with Crippen LogP contribution in [-0.4, -0.2) is 23.2 Å². The van der Waals surface area contributed by atoms with Gasteiger partial charge in [0.05, 0.1) is 26.0 Å². The molecule has 0 fully saturated rings. The van der Waals surface area contributed by atoms with Crippen LogP contribution in [-0.2, 0) is 11.3 Å². The molecular weight excluding hydrogens is 369 g/mol. The Hall–Kier alpha value is -2.70. The number of anilines is 2. The van der Waals surface area contributed by atoms with E-state index >= 15 is 0 Å². The molecule has 0 radical (unpaired) electrons. The highest BCUT2D eigenvalue weighted by Crippen LogP contribution is 2.32. The molecule has 5 nitrogen and oxygen atoms in total. The molecule has 140 valence electrons. The predicted octanol–water partition coefficient (Wildman–Crippen LogP) is 5.00. The molecule has 1 N–H and O–H groups in total. The van der Waals surface area contributed by atoms with Crippen LogP contribution < -0.4 is 10.1 Å². The van der Waals surface area contributed by atoms with E-state index in [9.17, 15) is 4.39 Å². The second kappa shape index (κ2) is 9.85. The third-order valence-corrected chi connectivity index (χ3v) is 3.97. The smallest absolute Gasteiger partial charge is 0.152 e. The second-order valence-electron chi connectivity index (χ2n) is 5.70. The Morgan fingerprint density at radius 2 is 1.89 bits per heavy atom. The fourth-order valence-corrected chi connectivity index (χ4v) is 2.53. The summed E-state index contributed by atoms with van der Waals surface area (Å²) in [7, 11) is 0. The largest absolute Gasteiger partial charge is 0.491 e. The minimum absolute atomic E-state index is 0.184. The van der Waals surface area contributed by atoms with Crippen molar-refractivity contribution in [1.82, 2.24) is 9.97 Å². The van der Waals surface area contributed by atoms with Crippen molar-refractivity contribution in [3.8, 4) is 5.75 Å². The number of nitrogens with one attached hydrogen (secondary N) is 1. The topological polar surface area (TPSA) is 56.3 Å². The van der Waals surface area contributed by atoms with Crippen LogP contribution in [0.3, 0.4) is 0 Å². The third-order valence-electron chi connectivity index (χ3n) is 3.69. The number of aromatic nitrogens is 2. The summed E-state index contributed by atoms with van der Waals surface area (Å²) < 4.78 is 25.6. The summed E-state index contributed by atoms with van der Waals surface area (Å²) in [6.45, 7) is 1.50. The predicted molar refractivity (Wildman–Crippen MR) is 103 cm³/mol. The van der Waals surface area contributed by atoms with E-state index in [1.165, 1.54) is 18.6 Å². The summed E-state index contributed by atoms with van der Waals surface area (Å²) in [6, 6.07) is 14.6. The molecule has 0 spiro atoms. The normalized spacial score (nSPS) is 10.6. The first-order valence-electron chi connectivity index (χ1n) is 8.49. The Morgan fingerprint density at radius 3 is 2.70 bits per heavy atom. The summed E-state index contributed by atoms with van der Waals surface area (Å²) in [5.41, 5.74) is 1.31. The van der Waals surface area contributed by atoms with Crippen LogP contribution in [0.15, 0.2) is 61.1 Å². The molecule has 0 amide bonds. The van der Waals surface area contributed by atoms with Crippen LogP contribution in [0.4, 0.5) is 15.9 Å². The van der Waals surface area contributed by atoms with Gasteiger partial charge in [-0.05, 0) is 17.7 Å².